The summed E-state index contributed by atoms with van der Waals surface area (Å²) in [6, 6.07) is 6.76. The monoisotopic (exact) mass is 188 g/mol. The maximum absolute atomic E-state index is 10.3. The average Bonchev–Trinajstić information content (AvgIpc) is 2.04. The third-order valence-corrected chi connectivity index (χ3v) is 1.71. The first-order chi connectivity index (χ1) is 5.63. The number of carboxylic acid groups (broad SMARTS) is 1. The summed E-state index contributed by atoms with van der Waals surface area (Å²) in [5.41, 5.74) is 1.13. The fourth-order valence-electron chi connectivity index (χ4n) is 1.02. The van der Waals surface area contributed by atoms with Crippen molar-refractivity contribution in [3.63, 3.8) is 0 Å². The van der Waals surface area contributed by atoms with Gasteiger partial charge in [0, 0.05) is 0 Å². The maximum Gasteiger partial charge on any atom is 1.00 e. The van der Waals surface area contributed by atoms with E-state index in [1.165, 1.54) is 0 Å². The first kappa shape index (κ1) is 12.7. The molecule has 1 unspecified atom stereocenters. The van der Waals surface area contributed by atoms with Gasteiger partial charge in [0.15, 0.2) is 0 Å². The normalized spacial score (nSPS) is 11.5. The molecule has 1 aromatic rings. The number of hydrogen-bond donors (Lipinski definition) is 1. The Morgan fingerprint density at radius 3 is 2.46 bits per heavy atom. The topological polar surface area (TPSA) is 60.4 Å². The maximum atomic E-state index is 10.3. The first-order valence-electron chi connectivity index (χ1n) is 3.57. The van der Waals surface area contributed by atoms with Crippen molar-refractivity contribution in [2.24, 2.45) is 0 Å². The molecule has 1 atom stereocenters. The molecule has 1 aromatic carbocycles. The average molecular weight is 188 g/mol. The van der Waals surface area contributed by atoms with Gasteiger partial charge in [-0.3, -0.25) is 0 Å². The second kappa shape index (κ2) is 5.40. The van der Waals surface area contributed by atoms with E-state index in [1.807, 2.05) is 0 Å². The number of carbonyl (C=O) groups excluding carboxylic acids is 1. The molecule has 0 radical (unpaired) electrons. The molecule has 1 rings (SSSR count). The molecule has 0 fully saturated rings. The number of aliphatic carboxylic acids is 1. The summed E-state index contributed by atoms with van der Waals surface area (Å²) in [4.78, 5) is 10.3. The Morgan fingerprint density at radius 2 is 2.00 bits per heavy atom. The molecule has 0 saturated heterocycles. The minimum Gasteiger partial charge on any atom is -0.547 e. The van der Waals surface area contributed by atoms with E-state index in [0.29, 0.717) is 5.56 Å². The van der Waals surface area contributed by atoms with Gasteiger partial charge in [-0.25, -0.2) is 0 Å². The molecule has 0 aliphatic rings. The van der Waals surface area contributed by atoms with Crippen LogP contribution in [0.5, 0.6) is 0 Å². The predicted octanol–water partition coefficient (Wildman–Crippen LogP) is -3.22. The Balaban J connectivity index is 0.00000144. The number of carbonyl (C=O) groups is 1. The van der Waals surface area contributed by atoms with E-state index in [0.717, 1.165) is 5.56 Å². The molecule has 0 aliphatic heterocycles. The molecule has 3 nitrogen and oxygen atoms in total. The quantitative estimate of drug-likeness (QED) is 0.497. The number of aliphatic hydroxyl groups is 1. The fraction of sp³-hybridized carbons (Fsp3) is 0.222. The number of rotatable bonds is 2. The van der Waals surface area contributed by atoms with Gasteiger partial charge in [-0.15, -0.1) is 0 Å². The standard InChI is InChI=1S/C9H10O3.Na/c1-6-4-2-3-5-7(6)8(10)9(11)12;/h2-5,8,10H,1H3,(H,11,12);/q;+1/p-1. The van der Waals surface area contributed by atoms with E-state index in [4.69, 9.17) is 5.11 Å². The van der Waals surface area contributed by atoms with Gasteiger partial charge in [0.1, 0.15) is 6.10 Å². The molecule has 0 aromatic heterocycles. The van der Waals surface area contributed by atoms with E-state index in [-0.39, 0.29) is 29.6 Å². The molecule has 0 bridgehead atoms. The van der Waals surface area contributed by atoms with E-state index < -0.39 is 12.1 Å². The van der Waals surface area contributed by atoms with Crippen LogP contribution >= 0.6 is 0 Å². The van der Waals surface area contributed by atoms with Crippen LogP contribution in [0.15, 0.2) is 24.3 Å². The van der Waals surface area contributed by atoms with Crippen molar-refractivity contribution in [1.82, 2.24) is 0 Å². The van der Waals surface area contributed by atoms with Crippen molar-refractivity contribution in [1.29, 1.82) is 0 Å². The van der Waals surface area contributed by atoms with Gasteiger partial charge in [0.2, 0.25) is 0 Å². The third kappa shape index (κ3) is 3.12. The van der Waals surface area contributed by atoms with Gasteiger partial charge in [0.05, 0.1) is 5.97 Å². The van der Waals surface area contributed by atoms with Crippen LogP contribution in [0.4, 0.5) is 0 Å². The van der Waals surface area contributed by atoms with Crippen LogP contribution in [0.1, 0.15) is 17.2 Å². The molecule has 64 valence electrons. The van der Waals surface area contributed by atoms with Crippen LogP contribution in [0, 0.1) is 6.92 Å². The predicted molar refractivity (Wildman–Crippen MR) is 41.1 cm³/mol. The van der Waals surface area contributed by atoms with Gasteiger partial charge in [-0.2, -0.15) is 0 Å². The number of aryl methyl sites for hydroxylation is 1. The molecule has 13 heavy (non-hydrogen) atoms. The van der Waals surface area contributed by atoms with Crippen LogP contribution in [0.2, 0.25) is 0 Å². The van der Waals surface area contributed by atoms with Crippen molar-refractivity contribution in [2.45, 2.75) is 13.0 Å². The van der Waals surface area contributed by atoms with Gasteiger partial charge in [-0.1, -0.05) is 24.3 Å². The molecule has 0 saturated carbocycles. The Morgan fingerprint density at radius 1 is 1.46 bits per heavy atom. The molecule has 0 aliphatic carbocycles. The number of carboxylic acids is 1. The molecule has 4 heteroatoms. The minimum atomic E-state index is -1.52. The van der Waals surface area contributed by atoms with Gasteiger partial charge in [-0.05, 0) is 18.1 Å². The Hall–Kier alpha value is -0.350. The summed E-state index contributed by atoms with van der Waals surface area (Å²) in [5.74, 6) is -1.47. The fourth-order valence-corrected chi connectivity index (χ4v) is 1.02. The summed E-state index contributed by atoms with van der Waals surface area (Å²) in [5, 5.41) is 19.4. The Labute approximate surface area is 98.7 Å². The van der Waals surface area contributed by atoms with Gasteiger partial charge in [0.25, 0.3) is 0 Å². The number of benzene rings is 1. The summed E-state index contributed by atoms with van der Waals surface area (Å²) in [7, 11) is 0. The molecule has 1 N–H and O–H groups in total. The minimum absolute atomic E-state index is 0. The second-order valence-electron chi connectivity index (χ2n) is 2.58. The largest absolute Gasteiger partial charge is 1.00 e. The van der Waals surface area contributed by atoms with E-state index in [2.05, 4.69) is 0 Å². The third-order valence-electron chi connectivity index (χ3n) is 1.71. The summed E-state index contributed by atoms with van der Waals surface area (Å²) in [6.07, 6.45) is -1.52. The van der Waals surface area contributed by atoms with Crippen LogP contribution in [-0.4, -0.2) is 11.1 Å². The molecule has 0 amide bonds. The molecule has 0 heterocycles. The van der Waals surface area contributed by atoms with Crippen molar-refractivity contribution in [3.05, 3.63) is 35.4 Å². The van der Waals surface area contributed by atoms with Crippen LogP contribution in [0.25, 0.3) is 0 Å². The van der Waals surface area contributed by atoms with Gasteiger partial charge >= 0.3 is 29.6 Å². The van der Waals surface area contributed by atoms with Crippen molar-refractivity contribution < 1.29 is 44.6 Å². The number of aliphatic hydroxyl groups excluding tert-OH is 1. The second-order valence-corrected chi connectivity index (χ2v) is 2.58. The summed E-state index contributed by atoms with van der Waals surface area (Å²) >= 11 is 0. The van der Waals surface area contributed by atoms with Crippen molar-refractivity contribution in [3.8, 4) is 0 Å². The summed E-state index contributed by atoms with van der Waals surface area (Å²) in [6.45, 7) is 1.74. The van der Waals surface area contributed by atoms with Gasteiger partial charge < -0.3 is 15.0 Å². The van der Waals surface area contributed by atoms with E-state index in [9.17, 15) is 9.90 Å². The van der Waals surface area contributed by atoms with Crippen LogP contribution in [-0.2, 0) is 4.79 Å². The van der Waals surface area contributed by atoms with Crippen molar-refractivity contribution in [2.75, 3.05) is 0 Å². The zero-order chi connectivity index (χ0) is 9.14. The first-order valence-corrected chi connectivity index (χ1v) is 3.57. The Kier molecular flexibility index (Phi) is 5.25. The molecular weight excluding hydrogens is 179 g/mol. The smallest absolute Gasteiger partial charge is 0.547 e. The van der Waals surface area contributed by atoms with Crippen LogP contribution < -0.4 is 34.7 Å². The zero-order valence-electron chi connectivity index (χ0n) is 7.65. The molecule has 0 spiro atoms. The van der Waals surface area contributed by atoms with E-state index >= 15 is 0 Å². The van der Waals surface area contributed by atoms with Crippen molar-refractivity contribution >= 4 is 5.97 Å². The Bertz CT molecular complexity index is 299. The summed E-state index contributed by atoms with van der Waals surface area (Å²) < 4.78 is 0. The number of hydrogen-bond acceptors (Lipinski definition) is 3. The SMILES string of the molecule is Cc1ccccc1C(O)C(=O)[O-].[Na+]. The molecular formula is C9H9NaO3. The van der Waals surface area contributed by atoms with Crippen LogP contribution in [0.3, 0.4) is 0 Å². The zero-order valence-corrected chi connectivity index (χ0v) is 9.65. The van der Waals surface area contributed by atoms with E-state index in [1.54, 1.807) is 31.2 Å².